The number of hydrogen-bond donors (Lipinski definition) is 1. The smallest absolute Gasteiger partial charge is 0.239 e. The van der Waals surface area contributed by atoms with Crippen molar-refractivity contribution >= 4 is 42.3 Å². The van der Waals surface area contributed by atoms with Crippen LogP contribution >= 0.6 is 36.4 Å². The van der Waals surface area contributed by atoms with Crippen LogP contribution in [0.2, 0.25) is 5.02 Å². The third kappa shape index (κ3) is 5.78. The summed E-state index contributed by atoms with van der Waals surface area (Å²) in [5.41, 5.74) is 1.28. The Labute approximate surface area is 161 Å². The van der Waals surface area contributed by atoms with Crippen molar-refractivity contribution in [2.45, 2.75) is 31.8 Å². The Hall–Kier alpha value is -0.520. The molecule has 2 aliphatic rings. The van der Waals surface area contributed by atoms with Gasteiger partial charge in [0.15, 0.2) is 0 Å². The van der Waals surface area contributed by atoms with Crippen molar-refractivity contribution in [3.05, 3.63) is 34.9 Å². The zero-order valence-corrected chi connectivity index (χ0v) is 16.1. The molecule has 0 radical (unpaired) electrons. The number of benzene rings is 1. The van der Waals surface area contributed by atoms with E-state index in [9.17, 15) is 4.79 Å². The predicted octanol–water partition coefficient (Wildman–Crippen LogP) is 2.97. The first-order valence-electron chi connectivity index (χ1n) is 8.21. The first kappa shape index (κ1) is 21.5. The van der Waals surface area contributed by atoms with Crippen molar-refractivity contribution in [3.8, 4) is 0 Å². The monoisotopic (exact) mass is 393 g/mol. The first-order chi connectivity index (χ1) is 10.7. The molecule has 2 fully saturated rings. The first-order valence-corrected chi connectivity index (χ1v) is 8.59. The van der Waals surface area contributed by atoms with E-state index >= 15 is 0 Å². The van der Waals surface area contributed by atoms with E-state index in [0.717, 1.165) is 50.7 Å². The number of amides is 1. The van der Waals surface area contributed by atoms with Gasteiger partial charge < -0.3 is 10.2 Å². The number of rotatable bonds is 3. The lowest BCUT2D eigenvalue weighted by molar-refractivity contribution is -0.135. The molecule has 1 amide bonds. The summed E-state index contributed by atoms with van der Waals surface area (Å²) in [7, 11) is 0. The van der Waals surface area contributed by atoms with Crippen LogP contribution < -0.4 is 5.32 Å². The number of nitrogens with one attached hydrogen (secondary N) is 1. The van der Waals surface area contributed by atoms with Gasteiger partial charge in [-0.15, -0.1) is 24.8 Å². The number of halogens is 3. The third-order valence-electron chi connectivity index (χ3n) is 4.61. The molecule has 1 aromatic carbocycles. The van der Waals surface area contributed by atoms with Crippen LogP contribution in [-0.2, 0) is 11.3 Å². The molecule has 0 spiro atoms. The molecular formula is C17H26Cl3N3O. The quantitative estimate of drug-likeness (QED) is 0.856. The van der Waals surface area contributed by atoms with Crippen LogP contribution in [0.15, 0.2) is 24.3 Å². The molecule has 0 aromatic heterocycles. The average molecular weight is 395 g/mol. The minimum atomic E-state index is 0. The summed E-state index contributed by atoms with van der Waals surface area (Å²) >= 11 is 5.92. The number of carbonyl (C=O) groups excluding carboxylic acids is 1. The number of hydrogen-bond acceptors (Lipinski definition) is 3. The van der Waals surface area contributed by atoms with Gasteiger partial charge in [-0.05, 0) is 37.1 Å². The molecule has 2 aliphatic heterocycles. The predicted molar refractivity (Wildman–Crippen MR) is 103 cm³/mol. The Balaban J connectivity index is 0.00000144. The summed E-state index contributed by atoms with van der Waals surface area (Å²) in [5, 5.41) is 4.13. The average Bonchev–Trinajstić information content (AvgIpc) is 2.58. The van der Waals surface area contributed by atoms with Gasteiger partial charge >= 0.3 is 0 Å². The molecule has 1 aromatic rings. The summed E-state index contributed by atoms with van der Waals surface area (Å²) in [6.45, 7) is 5.48. The van der Waals surface area contributed by atoms with Crippen molar-refractivity contribution in [3.63, 3.8) is 0 Å². The van der Waals surface area contributed by atoms with Crippen molar-refractivity contribution in [1.29, 1.82) is 0 Å². The molecule has 24 heavy (non-hydrogen) atoms. The van der Waals surface area contributed by atoms with Gasteiger partial charge in [0.25, 0.3) is 0 Å². The topological polar surface area (TPSA) is 35.6 Å². The van der Waals surface area contributed by atoms with E-state index in [1.165, 1.54) is 18.4 Å². The highest BCUT2D eigenvalue weighted by Gasteiger charge is 2.28. The molecule has 0 bridgehead atoms. The lowest BCUT2D eigenvalue weighted by Crippen LogP contribution is -2.54. The molecule has 0 aliphatic carbocycles. The van der Waals surface area contributed by atoms with Crippen molar-refractivity contribution in [2.24, 2.45) is 0 Å². The molecule has 136 valence electrons. The number of piperazine rings is 1. The highest BCUT2D eigenvalue weighted by molar-refractivity contribution is 6.30. The van der Waals surface area contributed by atoms with Crippen molar-refractivity contribution in [1.82, 2.24) is 15.1 Å². The van der Waals surface area contributed by atoms with E-state index in [4.69, 9.17) is 11.6 Å². The third-order valence-corrected chi connectivity index (χ3v) is 4.86. The maximum absolute atomic E-state index is 12.5. The van der Waals surface area contributed by atoms with E-state index in [1.54, 1.807) is 0 Å². The maximum Gasteiger partial charge on any atom is 0.239 e. The van der Waals surface area contributed by atoms with E-state index in [0.29, 0.717) is 5.91 Å². The van der Waals surface area contributed by atoms with Gasteiger partial charge in [0.05, 0.1) is 6.04 Å². The normalized spacial score (nSPS) is 21.5. The fourth-order valence-corrected chi connectivity index (χ4v) is 3.38. The van der Waals surface area contributed by atoms with E-state index in [1.807, 2.05) is 17.0 Å². The standard InChI is InChI=1S/C17H24ClN3O.2ClH/c18-15-6-4-14(5-7-15)13-20-9-11-21(12-10-20)17(22)16-3-1-2-8-19-16;;/h4-7,16,19H,1-3,8-13H2;2*1H. The second kappa shape index (κ2) is 10.5. The van der Waals surface area contributed by atoms with Crippen molar-refractivity contribution < 1.29 is 4.79 Å². The fourth-order valence-electron chi connectivity index (χ4n) is 3.26. The molecule has 1 atom stereocenters. The van der Waals surface area contributed by atoms with Gasteiger partial charge in [0.2, 0.25) is 5.91 Å². The van der Waals surface area contributed by atoms with Gasteiger partial charge in [-0.1, -0.05) is 30.2 Å². The van der Waals surface area contributed by atoms with E-state index in [-0.39, 0.29) is 30.9 Å². The number of nitrogens with zero attached hydrogens (tertiary/aromatic N) is 2. The van der Waals surface area contributed by atoms with Gasteiger partial charge in [-0.25, -0.2) is 0 Å². The minimum Gasteiger partial charge on any atom is -0.339 e. The molecule has 7 heteroatoms. The molecule has 2 saturated heterocycles. The Morgan fingerprint density at radius 3 is 2.33 bits per heavy atom. The summed E-state index contributed by atoms with van der Waals surface area (Å²) in [4.78, 5) is 16.9. The number of piperidine rings is 1. The Morgan fingerprint density at radius 1 is 1.08 bits per heavy atom. The second-order valence-corrected chi connectivity index (χ2v) is 6.67. The zero-order chi connectivity index (χ0) is 15.4. The molecule has 4 nitrogen and oxygen atoms in total. The largest absolute Gasteiger partial charge is 0.339 e. The van der Waals surface area contributed by atoms with Crippen LogP contribution in [0.1, 0.15) is 24.8 Å². The van der Waals surface area contributed by atoms with E-state index < -0.39 is 0 Å². The summed E-state index contributed by atoms with van der Waals surface area (Å²) in [5.74, 6) is 0.297. The molecule has 2 heterocycles. The molecule has 3 rings (SSSR count). The van der Waals surface area contributed by atoms with E-state index in [2.05, 4.69) is 22.3 Å². The van der Waals surface area contributed by atoms with Gasteiger partial charge in [0, 0.05) is 37.7 Å². The Bertz CT molecular complexity index is 498. The molecule has 1 N–H and O–H groups in total. The van der Waals surface area contributed by atoms with Gasteiger partial charge in [-0.3, -0.25) is 9.69 Å². The summed E-state index contributed by atoms with van der Waals surface area (Å²) in [6.07, 6.45) is 3.35. The molecular weight excluding hydrogens is 369 g/mol. The fraction of sp³-hybridized carbons (Fsp3) is 0.588. The van der Waals surface area contributed by atoms with Crippen LogP contribution in [0.4, 0.5) is 0 Å². The minimum absolute atomic E-state index is 0. The van der Waals surface area contributed by atoms with Crippen LogP contribution in [0.5, 0.6) is 0 Å². The highest BCUT2D eigenvalue weighted by Crippen LogP contribution is 2.15. The van der Waals surface area contributed by atoms with Crippen LogP contribution in [0, 0.1) is 0 Å². The van der Waals surface area contributed by atoms with Crippen LogP contribution in [0.3, 0.4) is 0 Å². The lowest BCUT2D eigenvalue weighted by atomic mass is 10.0. The van der Waals surface area contributed by atoms with Crippen LogP contribution in [-0.4, -0.2) is 54.5 Å². The SMILES string of the molecule is Cl.Cl.O=C(C1CCCCN1)N1CCN(Cc2ccc(Cl)cc2)CC1. The Morgan fingerprint density at radius 2 is 1.75 bits per heavy atom. The molecule has 0 saturated carbocycles. The maximum atomic E-state index is 12.5. The summed E-state index contributed by atoms with van der Waals surface area (Å²) < 4.78 is 0. The highest BCUT2D eigenvalue weighted by atomic mass is 35.5. The van der Waals surface area contributed by atoms with Gasteiger partial charge in [0.1, 0.15) is 0 Å². The lowest BCUT2D eigenvalue weighted by Gasteiger charge is -2.37. The van der Waals surface area contributed by atoms with Crippen LogP contribution in [0.25, 0.3) is 0 Å². The zero-order valence-electron chi connectivity index (χ0n) is 13.7. The van der Waals surface area contributed by atoms with Crippen molar-refractivity contribution in [2.75, 3.05) is 32.7 Å². The van der Waals surface area contributed by atoms with Gasteiger partial charge in [-0.2, -0.15) is 0 Å². The molecule has 1 unspecified atom stereocenters. The summed E-state index contributed by atoms with van der Waals surface area (Å²) in [6, 6.07) is 8.07. The number of carbonyl (C=O) groups is 1. The Kier molecular flexibility index (Phi) is 9.39. The second-order valence-electron chi connectivity index (χ2n) is 6.23.